The predicted octanol–water partition coefficient (Wildman–Crippen LogP) is 3.00. The van der Waals surface area contributed by atoms with Gasteiger partial charge in [-0.3, -0.25) is 4.98 Å². The zero-order chi connectivity index (χ0) is 10.7. The molecule has 2 heteroatoms. The van der Waals surface area contributed by atoms with Crippen LogP contribution in [0.5, 0.6) is 0 Å². The first-order chi connectivity index (χ1) is 7.25. The molecular weight excluding hydrogens is 186 g/mol. The molecule has 1 fully saturated rings. The van der Waals surface area contributed by atoms with Crippen molar-refractivity contribution in [2.45, 2.75) is 45.1 Å². The molecule has 1 atom stereocenters. The smallest absolute Gasteiger partial charge is 0.0962 e. The van der Waals surface area contributed by atoms with E-state index in [-0.39, 0.29) is 6.10 Å². The number of aliphatic hydroxyl groups excluding tert-OH is 1. The van der Waals surface area contributed by atoms with Crippen molar-refractivity contribution in [2.24, 2.45) is 5.92 Å². The molecule has 15 heavy (non-hydrogen) atoms. The Bertz CT molecular complexity index is 318. The van der Waals surface area contributed by atoms with Crippen LogP contribution in [-0.4, -0.2) is 10.1 Å². The molecule has 82 valence electrons. The third kappa shape index (κ3) is 2.78. The fourth-order valence-electron chi connectivity index (χ4n) is 2.42. The number of nitrogens with zero attached hydrogens (tertiary/aromatic N) is 1. The van der Waals surface area contributed by atoms with Gasteiger partial charge in [0.1, 0.15) is 0 Å². The second-order valence-electron chi connectivity index (χ2n) is 4.66. The van der Waals surface area contributed by atoms with Crippen molar-refractivity contribution in [3.05, 3.63) is 29.6 Å². The Morgan fingerprint density at radius 1 is 1.47 bits per heavy atom. The van der Waals surface area contributed by atoms with Gasteiger partial charge >= 0.3 is 0 Å². The zero-order valence-electron chi connectivity index (χ0n) is 9.32. The predicted molar refractivity (Wildman–Crippen MR) is 60.5 cm³/mol. The Labute approximate surface area is 91.4 Å². The van der Waals surface area contributed by atoms with E-state index >= 15 is 0 Å². The van der Waals surface area contributed by atoms with Gasteiger partial charge in [-0.1, -0.05) is 25.7 Å². The quantitative estimate of drug-likeness (QED) is 0.822. The van der Waals surface area contributed by atoms with E-state index in [0.29, 0.717) is 5.92 Å². The highest BCUT2D eigenvalue weighted by atomic mass is 16.3. The van der Waals surface area contributed by atoms with Crippen LogP contribution >= 0.6 is 0 Å². The highest BCUT2D eigenvalue weighted by Gasteiger charge is 2.20. The molecule has 0 radical (unpaired) electrons. The van der Waals surface area contributed by atoms with Crippen molar-refractivity contribution in [2.75, 3.05) is 0 Å². The van der Waals surface area contributed by atoms with Gasteiger partial charge in [0, 0.05) is 6.20 Å². The zero-order valence-corrected chi connectivity index (χ0v) is 9.32. The number of aryl methyl sites for hydroxylation is 1. The molecule has 1 aromatic heterocycles. The summed E-state index contributed by atoms with van der Waals surface area (Å²) in [5, 5.41) is 10.0. The Morgan fingerprint density at radius 2 is 2.20 bits per heavy atom. The van der Waals surface area contributed by atoms with E-state index in [1.165, 1.54) is 31.2 Å². The topological polar surface area (TPSA) is 33.1 Å². The fourth-order valence-corrected chi connectivity index (χ4v) is 2.42. The average molecular weight is 205 g/mol. The monoisotopic (exact) mass is 205 g/mol. The fraction of sp³-hybridized carbons (Fsp3) is 0.615. The Hall–Kier alpha value is -0.890. The van der Waals surface area contributed by atoms with Crippen LogP contribution in [0, 0.1) is 12.8 Å². The van der Waals surface area contributed by atoms with Gasteiger partial charge in [0.25, 0.3) is 0 Å². The SMILES string of the molecule is Cc1ccnc(C(O)CC2CCCC2)c1. The lowest BCUT2D eigenvalue weighted by Crippen LogP contribution is -2.06. The van der Waals surface area contributed by atoms with E-state index < -0.39 is 0 Å². The van der Waals surface area contributed by atoms with Gasteiger partial charge in [-0.05, 0) is 37.0 Å². The van der Waals surface area contributed by atoms with Gasteiger partial charge < -0.3 is 5.11 Å². The molecule has 1 saturated carbocycles. The highest BCUT2D eigenvalue weighted by molar-refractivity contribution is 5.16. The summed E-state index contributed by atoms with van der Waals surface area (Å²) in [7, 11) is 0. The van der Waals surface area contributed by atoms with E-state index in [1.807, 2.05) is 19.1 Å². The van der Waals surface area contributed by atoms with Gasteiger partial charge in [-0.2, -0.15) is 0 Å². The molecule has 0 saturated heterocycles. The third-order valence-corrected chi connectivity index (χ3v) is 3.31. The molecule has 1 unspecified atom stereocenters. The summed E-state index contributed by atoms with van der Waals surface area (Å²) in [5.74, 6) is 0.710. The van der Waals surface area contributed by atoms with E-state index in [2.05, 4.69) is 4.98 Å². The van der Waals surface area contributed by atoms with Gasteiger partial charge in [-0.25, -0.2) is 0 Å². The maximum absolute atomic E-state index is 10.0. The van der Waals surface area contributed by atoms with Gasteiger partial charge in [0.2, 0.25) is 0 Å². The first-order valence-corrected chi connectivity index (χ1v) is 5.86. The minimum atomic E-state index is -0.368. The van der Waals surface area contributed by atoms with Crippen molar-refractivity contribution >= 4 is 0 Å². The molecule has 1 heterocycles. The molecule has 0 spiro atoms. The van der Waals surface area contributed by atoms with Crippen LogP contribution in [0.25, 0.3) is 0 Å². The number of rotatable bonds is 3. The van der Waals surface area contributed by atoms with E-state index in [4.69, 9.17) is 0 Å². The van der Waals surface area contributed by atoms with Crippen LogP contribution in [0.2, 0.25) is 0 Å². The average Bonchev–Trinajstić information content (AvgIpc) is 2.70. The summed E-state index contributed by atoms with van der Waals surface area (Å²) in [6.07, 6.45) is 7.52. The van der Waals surface area contributed by atoms with Crippen molar-refractivity contribution < 1.29 is 5.11 Å². The van der Waals surface area contributed by atoms with Crippen LogP contribution in [-0.2, 0) is 0 Å². The number of aromatic nitrogens is 1. The van der Waals surface area contributed by atoms with Crippen LogP contribution in [0.4, 0.5) is 0 Å². The van der Waals surface area contributed by atoms with Crippen molar-refractivity contribution in [1.29, 1.82) is 0 Å². The summed E-state index contributed by atoms with van der Waals surface area (Å²) in [6.45, 7) is 2.04. The largest absolute Gasteiger partial charge is 0.387 e. The number of hydrogen-bond donors (Lipinski definition) is 1. The van der Waals surface area contributed by atoms with Crippen LogP contribution in [0.1, 0.15) is 49.5 Å². The number of hydrogen-bond acceptors (Lipinski definition) is 2. The molecule has 1 aliphatic rings. The lowest BCUT2D eigenvalue weighted by Gasteiger charge is -2.14. The van der Waals surface area contributed by atoms with E-state index in [9.17, 15) is 5.11 Å². The molecule has 1 aliphatic carbocycles. The molecule has 0 aliphatic heterocycles. The van der Waals surface area contributed by atoms with E-state index in [1.54, 1.807) is 6.20 Å². The van der Waals surface area contributed by atoms with Crippen LogP contribution in [0.15, 0.2) is 18.3 Å². The minimum absolute atomic E-state index is 0.368. The van der Waals surface area contributed by atoms with Crippen LogP contribution in [0.3, 0.4) is 0 Å². The van der Waals surface area contributed by atoms with Gasteiger partial charge in [0.15, 0.2) is 0 Å². The Balaban J connectivity index is 1.97. The van der Waals surface area contributed by atoms with Gasteiger partial charge in [0.05, 0.1) is 11.8 Å². The molecule has 1 aromatic rings. The minimum Gasteiger partial charge on any atom is -0.387 e. The summed E-state index contributed by atoms with van der Waals surface area (Å²) < 4.78 is 0. The third-order valence-electron chi connectivity index (χ3n) is 3.31. The highest BCUT2D eigenvalue weighted by Crippen LogP contribution is 2.32. The van der Waals surface area contributed by atoms with Crippen molar-refractivity contribution in [1.82, 2.24) is 4.98 Å². The lowest BCUT2D eigenvalue weighted by molar-refractivity contribution is 0.140. The summed E-state index contributed by atoms with van der Waals surface area (Å²) in [6, 6.07) is 3.95. The lowest BCUT2D eigenvalue weighted by atomic mass is 9.98. The second-order valence-corrected chi connectivity index (χ2v) is 4.66. The summed E-state index contributed by atoms with van der Waals surface area (Å²) >= 11 is 0. The standard InChI is InChI=1S/C13H19NO/c1-10-6-7-14-12(8-10)13(15)9-11-4-2-3-5-11/h6-8,11,13,15H,2-5,9H2,1H3. The molecule has 0 aromatic carbocycles. The van der Waals surface area contributed by atoms with Crippen LogP contribution < -0.4 is 0 Å². The normalized spacial score (nSPS) is 19.3. The molecule has 2 nitrogen and oxygen atoms in total. The summed E-state index contributed by atoms with van der Waals surface area (Å²) in [4.78, 5) is 4.23. The first kappa shape index (κ1) is 10.6. The summed E-state index contributed by atoms with van der Waals surface area (Å²) in [5.41, 5.74) is 2.01. The Morgan fingerprint density at radius 3 is 2.87 bits per heavy atom. The molecule has 0 bridgehead atoms. The molecule has 2 rings (SSSR count). The first-order valence-electron chi connectivity index (χ1n) is 5.86. The second kappa shape index (κ2) is 4.75. The number of aliphatic hydroxyl groups is 1. The Kier molecular flexibility index (Phi) is 3.37. The molecule has 0 amide bonds. The molecule has 1 N–H and O–H groups in total. The van der Waals surface area contributed by atoms with Gasteiger partial charge in [-0.15, -0.1) is 0 Å². The van der Waals surface area contributed by atoms with E-state index in [0.717, 1.165) is 12.1 Å². The van der Waals surface area contributed by atoms with Crippen molar-refractivity contribution in [3.8, 4) is 0 Å². The molecular formula is C13H19NO. The maximum atomic E-state index is 10.0. The number of pyridine rings is 1. The van der Waals surface area contributed by atoms with Crippen molar-refractivity contribution in [3.63, 3.8) is 0 Å². The maximum Gasteiger partial charge on any atom is 0.0962 e.